The number of halogens is 1. The highest BCUT2D eigenvalue weighted by Gasteiger charge is 2.15. The Kier molecular flexibility index (Phi) is 4.38. The molecule has 21 heavy (non-hydrogen) atoms. The summed E-state index contributed by atoms with van der Waals surface area (Å²) in [6, 6.07) is 12.9. The molecule has 0 aliphatic carbocycles. The van der Waals surface area contributed by atoms with Crippen LogP contribution >= 0.6 is 11.6 Å². The molecule has 4 N–H and O–H groups in total. The molecule has 2 aromatic rings. The average Bonchev–Trinajstić information content (AvgIpc) is 2.46. The summed E-state index contributed by atoms with van der Waals surface area (Å²) in [6.07, 6.45) is 0. The highest BCUT2D eigenvalue weighted by atomic mass is 35.5. The molecular formula is C16H18ClN3O. The molecule has 4 nitrogen and oxygen atoms in total. The number of rotatable bonds is 4. The van der Waals surface area contributed by atoms with Gasteiger partial charge in [-0.3, -0.25) is 4.79 Å². The summed E-state index contributed by atoms with van der Waals surface area (Å²) < 4.78 is 0. The van der Waals surface area contributed by atoms with E-state index in [1.54, 1.807) is 12.1 Å². The second kappa shape index (κ2) is 6.06. The molecule has 0 fully saturated rings. The Morgan fingerprint density at radius 2 is 1.81 bits per heavy atom. The lowest BCUT2D eigenvalue weighted by molar-refractivity contribution is 0.100. The van der Waals surface area contributed by atoms with Gasteiger partial charge in [0.2, 0.25) is 5.91 Å². The highest BCUT2D eigenvalue weighted by Crippen LogP contribution is 2.30. The van der Waals surface area contributed by atoms with Crippen molar-refractivity contribution in [2.45, 2.75) is 13.0 Å². The maximum absolute atomic E-state index is 11.2. The van der Waals surface area contributed by atoms with E-state index in [1.165, 1.54) is 0 Å². The number of nitrogens with two attached hydrogens (primary N) is 2. The van der Waals surface area contributed by atoms with E-state index in [-0.39, 0.29) is 6.04 Å². The van der Waals surface area contributed by atoms with Gasteiger partial charge in [0.25, 0.3) is 0 Å². The monoisotopic (exact) mass is 303 g/mol. The van der Waals surface area contributed by atoms with E-state index in [0.29, 0.717) is 16.3 Å². The summed E-state index contributed by atoms with van der Waals surface area (Å²) in [6.45, 7) is 2.07. The van der Waals surface area contributed by atoms with Gasteiger partial charge in [0.1, 0.15) is 0 Å². The Labute approximate surface area is 129 Å². The van der Waals surface area contributed by atoms with Crippen LogP contribution in [0.4, 0.5) is 11.4 Å². The maximum atomic E-state index is 11.2. The zero-order chi connectivity index (χ0) is 15.6. The molecule has 2 rings (SSSR count). The Morgan fingerprint density at radius 3 is 2.33 bits per heavy atom. The predicted octanol–water partition coefficient (Wildman–Crippen LogP) is 3.22. The third-order valence-electron chi connectivity index (χ3n) is 3.63. The summed E-state index contributed by atoms with van der Waals surface area (Å²) >= 11 is 5.91. The first-order chi connectivity index (χ1) is 9.90. The summed E-state index contributed by atoms with van der Waals surface area (Å²) in [5, 5.41) is 0.707. The highest BCUT2D eigenvalue weighted by molar-refractivity contribution is 6.30. The molecule has 0 saturated heterocycles. The van der Waals surface area contributed by atoms with Crippen LogP contribution in [0.15, 0.2) is 42.5 Å². The number of carbonyl (C=O) groups excluding carboxylic acids is 1. The van der Waals surface area contributed by atoms with Gasteiger partial charge in [0.05, 0.1) is 17.4 Å². The van der Waals surface area contributed by atoms with Gasteiger partial charge in [-0.15, -0.1) is 0 Å². The number of amides is 1. The first kappa shape index (κ1) is 15.2. The molecule has 0 heterocycles. The van der Waals surface area contributed by atoms with Gasteiger partial charge in [0, 0.05) is 17.6 Å². The van der Waals surface area contributed by atoms with E-state index < -0.39 is 5.91 Å². The minimum Gasteiger partial charge on any atom is -0.397 e. The van der Waals surface area contributed by atoms with E-state index in [1.807, 2.05) is 42.3 Å². The lowest BCUT2D eigenvalue weighted by atomic mass is 10.1. The fourth-order valence-corrected chi connectivity index (χ4v) is 2.33. The van der Waals surface area contributed by atoms with Crippen LogP contribution in [0.1, 0.15) is 28.9 Å². The van der Waals surface area contributed by atoms with Crippen LogP contribution < -0.4 is 16.4 Å². The maximum Gasteiger partial charge on any atom is 0.248 e. The molecule has 1 unspecified atom stereocenters. The molecule has 0 aliphatic heterocycles. The average molecular weight is 304 g/mol. The van der Waals surface area contributed by atoms with Crippen LogP contribution in [0.2, 0.25) is 5.02 Å². The van der Waals surface area contributed by atoms with E-state index in [9.17, 15) is 4.79 Å². The van der Waals surface area contributed by atoms with Crippen molar-refractivity contribution in [3.63, 3.8) is 0 Å². The van der Waals surface area contributed by atoms with Crippen molar-refractivity contribution in [3.05, 3.63) is 58.6 Å². The quantitative estimate of drug-likeness (QED) is 0.852. The Bertz CT molecular complexity index is 655. The molecule has 0 aromatic heterocycles. The molecule has 0 saturated carbocycles. The second-order valence-corrected chi connectivity index (χ2v) is 5.41. The number of benzene rings is 2. The first-order valence-electron chi connectivity index (χ1n) is 6.57. The van der Waals surface area contributed by atoms with Crippen molar-refractivity contribution in [1.29, 1.82) is 0 Å². The Hall–Kier alpha value is -2.20. The van der Waals surface area contributed by atoms with E-state index in [2.05, 4.69) is 6.92 Å². The minimum atomic E-state index is -0.485. The van der Waals surface area contributed by atoms with Gasteiger partial charge in [-0.2, -0.15) is 0 Å². The van der Waals surface area contributed by atoms with Gasteiger partial charge in [-0.25, -0.2) is 0 Å². The van der Waals surface area contributed by atoms with Crippen LogP contribution in [-0.2, 0) is 0 Å². The van der Waals surface area contributed by atoms with Gasteiger partial charge in [-0.05, 0) is 42.8 Å². The molecule has 0 aliphatic rings. The number of anilines is 2. The zero-order valence-electron chi connectivity index (χ0n) is 12.0. The summed E-state index contributed by atoms with van der Waals surface area (Å²) in [5.41, 5.74) is 14.2. The van der Waals surface area contributed by atoms with E-state index in [0.717, 1.165) is 11.3 Å². The fraction of sp³-hybridized carbons (Fsp3) is 0.188. The van der Waals surface area contributed by atoms with Crippen molar-refractivity contribution in [2.24, 2.45) is 5.73 Å². The van der Waals surface area contributed by atoms with E-state index >= 15 is 0 Å². The molecule has 1 atom stereocenters. The van der Waals surface area contributed by atoms with Gasteiger partial charge < -0.3 is 16.4 Å². The third-order valence-corrected chi connectivity index (χ3v) is 3.88. The van der Waals surface area contributed by atoms with E-state index in [4.69, 9.17) is 23.1 Å². The molecular weight excluding hydrogens is 286 g/mol. The third kappa shape index (κ3) is 3.28. The lowest BCUT2D eigenvalue weighted by Gasteiger charge is -2.28. The number of hydrogen-bond donors (Lipinski definition) is 2. The van der Waals surface area contributed by atoms with Crippen LogP contribution in [0.25, 0.3) is 0 Å². The topological polar surface area (TPSA) is 72.3 Å². The van der Waals surface area contributed by atoms with Crippen molar-refractivity contribution in [2.75, 3.05) is 17.7 Å². The van der Waals surface area contributed by atoms with Crippen molar-refractivity contribution in [1.82, 2.24) is 0 Å². The molecule has 2 aromatic carbocycles. The number of nitrogen functional groups attached to an aromatic ring is 1. The molecule has 0 radical (unpaired) electrons. The number of hydrogen-bond acceptors (Lipinski definition) is 3. The zero-order valence-corrected chi connectivity index (χ0v) is 12.8. The minimum absolute atomic E-state index is 0.115. The molecule has 1 amide bonds. The van der Waals surface area contributed by atoms with Crippen LogP contribution in [0, 0.1) is 0 Å². The summed E-state index contributed by atoms with van der Waals surface area (Å²) in [7, 11) is 1.95. The molecule has 0 bridgehead atoms. The van der Waals surface area contributed by atoms with Crippen LogP contribution in [0.3, 0.4) is 0 Å². The fourth-order valence-electron chi connectivity index (χ4n) is 2.20. The second-order valence-electron chi connectivity index (χ2n) is 4.98. The van der Waals surface area contributed by atoms with Gasteiger partial charge in [-0.1, -0.05) is 23.7 Å². The summed E-state index contributed by atoms with van der Waals surface area (Å²) in [5.74, 6) is -0.485. The largest absolute Gasteiger partial charge is 0.397 e. The Balaban J connectivity index is 2.28. The standard InChI is InChI=1S/C16H18ClN3O/c1-10(11-3-6-13(17)7-4-11)20(2)15-8-5-12(16(19)21)9-14(15)18/h3-10H,18H2,1-2H3,(H2,19,21). The lowest BCUT2D eigenvalue weighted by Crippen LogP contribution is -2.23. The normalized spacial score (nSPS) is 12.0. The smallest absolute Gasteiger partial charge is 0.248 e. The predicted molar refractivity (Wildman–Crippen MR) is 87.6 cm³/mol. The van der Waals surface area contributed by atoms with Crippen LogP contribution in [-0.4, -0.2) is 13.0 Å². The molecule has 5 heteroatoms. The number of carbonyl (C=O) groups is 1. The number of nitrogens with zero attached hydrogens (tertiary/aromatic N) is 1. The van der Waals surface area contributed by atoms with Crippen LogP contribution in [0.5, 0.6) is 0 Å². The van der Waals surface area contributed by atoms with Crippen molar-refractivity contribution < 1.29 is 4.79 Å². The first-order valence-corrected chi connectivity index (χ1v) is 6.95. The summed E-state index contributed by atoms with van der Waals surface area (Å²) in [4.78, 5) is 13.2. The van der Waals surface area contributed by atoms with Gasteiger partial charge in [0.15, 0.2) is 0 Å². The Morgan fingerprint density at radius 1 is 1.19 bits per heavy atom. The molecule has 0 spiro atoms. The van der Waals surface area contributed by atoms with Crippen molar-refractivity contribution >= 4 is 28.9 Å². The van der Waals surface area contributed by atoms with Gasteiger partial charge >= 0.3 is 0 Å². The molecule has 110 valence electrons. The SMILES string of the molecule is CC(c1ccc(Cl)cc1)N(C)c1ccc(C(N)=O)cc1N. The number of primary amides is 1. The van der Waals surface area contributed by atoms with Crippen molar-refractivity contribution in [3.8, 4) is 0 Å².